The highest BCUT2D eigenvalue weighted by Gasteiger charge is 2.34. The summed E-state index contributed by atoms with van der Waals surface area (Å²) in [6.07, 6.45) is 2.88. The number of guanidine groups is 1. The van der Waals surface area contributed by atoms with E-state index in [1.165, 1.54) is 0 Å². The fourth-order valence-electron chi connectivity index (χ4n) is 1.93. The van der Waals surface area contributed by atoms with Gasteiger partial charge in [-0.3, -0.25) is 4.99 Å². The Hall–Kier alpha value is -0.730. The maximum absolute atomic E-state index is 12.2. The summed E-state index contributed by atoms with van der Waals surface area (Å²) in [4.78, 5) is 18.2. The zero-order valence-corrected chi connectivity index (χ0v) is 17.4. The van der Waals surface area contributed by atoms with Gasteiger partial charge in [0.1, 0.15) is 5.60 Å². The molecule has 1 saturated carbocycles. The number of aliphatic imine (C=N–C) groups is 1. The molecule has 0 aromatic carbocycles. The Bertz CT molecular complexity index is 390. The zero-order chi connectivity index (χ0) is 16.8. The molecule has 0 aromatic rings. The number of rotatable bonds is 7. The molecule has 0 unspecified atom stereocenters. The lowest BCUT2D eigenvalue weighted by atomic mass is 10.1. The van der Waals surface area contributed by atoms with Gasteiger partial charge in [0.15, 0.2) is 5.96 Å². The van der Waals surface area contributed by atoms with Gasteiger partial charge in [-0.15, -0.1) is 24.0 Å². The molecule has 1 fully saturated rings. The molecule has 0 heterocycles. The topological polar surface area (TPSA) is 80.0 Å². The van der Waals surface area contributed by atoms with Gasteiger partial charge in [-0.05, 0) is 46.0 Å². The van der Waals surface area contributed by atoms with Crippen LogP contribution in [-0.2, 0) is 4.74 Å². The summed E-state index contributed by atoms with van der Waals surface area (Å²) in [5, 5.41) is 3.07. The van der Waals surface area contributed by atoms with Crippen molar-refractivity contribution in [2.45, 2.75) is 65.5 Å². The second-order valence-electron chi connectivity index (χ2n) is 7.28. The number of carbonyl (C=O) groups excluding carboxylic acids is 1. The van der Waals surface area contributed by atoms with Crippen molar-refractivity contribution in [3.63, 3.8) is 0 Å². The number of halogens is 1. The first kappa shape index (κ1) is 22.3. The number of nitrogens with one attached hydrogen (secondary N) is 1. The van der Waals surface area contributed by atoms with Crippen LogP contribution in [0.1, 0.15) is 53.9 Å². The Morgan fingerprint density at radius 1 is 1.39 bits per heavy atom. The second kappa shape index (κ2) is 10.2. The third kappa shape index (κ3) is 10.6. The van der Waals surface area contributed by atoms with Crippen molar-refractivity contribution in [1.29, 1.82) is 0 Å². The second-order valence-corrected chi connectivity index (χ2v) is 7.28. The molecule has 1 rings (SSSR count). The molecule has 6 nitrogen and oxygen atoms in total. The molecule has 0 atom stereocenters. The largest absolute Gasteiger partial charge is 0.444 e. The van der Waals surface area contributed by atoms with Gasteiger partial charge in [0.05, 0.1) is 0 Å². The van der Waals surface area contributed by atoms with Crippen molar-refractivity contribution in [2.75, 3.05) is 19.6 Å². The summed E-state index contributed by atoms with van der Waals surface area (Å²) < 4.78 is 5.45. The van der Waals surface area contributed by atoms with E-state index in [4.69, 9.17) is 10.5 Å². The fraction of sp³-hybridized carbons (Fsp3) is 0.875. The highest BCUT2D eigenvalue weighted by Crippen LogP contribution is 2.27. The highest BCUT2D eigenvalue weighted by molar-refractivity contribution is 14.0. The number of hydrogen-bond donors (Lipinski definition) is 2. The van der Waals surface area contributed by atoms with Crippen molar-refractivity contribution in [2.24, 2.45) is 16.6 Å². The molecule has 0 saturated heterocycles. The van der Waals surface area contributed by atoms with Crippen LogP contribution in [0, 0.1) is 5.92 Å². The molecule has 1 aliphatic rings. The molecular weight excluding hydrogens is 407 g/mol. The van der Waals surface area contributed by atoms with Crippen LogP contribution in [0.4, 0.5) is 4.79 Å². The average molecular weight is 440 g/mol. The molecule has 0 spiro atoms. The van der Waals surface area contributed by atoms with Gasteiger partial charge in [0, 0.05) is 25.7 Å². The van der Waals surface area contributed by atoms with Gasteiger partial charge in [0.2, 0.25) is 0 Å². The maximum atomic E-state index is 12.2. The lowest BCUT2D eigenvalue weighted by Crippen LogP contribution is -2.44. The molecule has 1 aliphatic carbocycles. The number of ether oxygens (including phenoxy) is 1. The lowest BCUT2D eigenvalue weighted by molar-refractivity contribution is 0.0238. The Labute approximate surface area is 157 Å². The smallest absolute Gasteiger partial charge is 0.410 e. The van der Waals surface area contributed by atoms with Gasteiger partial charge in [0.25, 0.3) is 0 Å². The van der Waals surface area contributed by atoms with E-state index in [0.717, 1.165) is 25.8 Å². The van der Waals surface area contributed by atoms with Crippen LogP contribution in [0.25, 0.3) is 0 Å². The van der Waals surface area contributed by atoms with Gasteiger partial charge in [-0.1, -0.05) is 13.8 Å². The third-order valence-electron chi connectivity index (χ3n) is 3.26. The van der Waals surface area contributed by atoms with Gasteiger partial charge in [-0.2, -0.15) is 0 Å². The maximum Gasteiger partial charge on any atom is 0.410 e. The van der Waals surface area contributed by atoms with E-state index in [0.29, 0.717) is 31.0 Å². The van der Waals surface area contributed by atoms with E-state index in [-0.39, 0.29) is 30.1 Å². The molecule has 0 bridgehead atoms. The van der Waals surface area contributed by atoms with Crippen LogP contribution < -0.4 is 11.1 Å². The van der Waals surface area contributed by atoms with Crippen molar-refractivity contribution in [3.05, 3.63) is 0 Å². The highest BCUT2D eigenvalue weighted by atomic mass is 127. The van der Waals surface area contributed by atoms with E-state index in [2.05, 4.69) is 24.2 Å². The number of amides is 1. The normalized spacial score (nSPS) is 15.1. The van der Waals surface area contributed by atoms with Gasteiger partial charge < -0.3 is 20.7 Å². The predicted octanol–water partition coefficient (Wildman–Crippen LogP) is 2.95. The molecule has 3 N–H and O–H groups in total. The molecule has 1 amide bonds. The average Bonchev–Trinajstić information content (AvgIpc) is 3.15. The molecule has 0 radical (unpaired) electrons. The first-order valence-electron chi connectivity index (χ1n) is 8.22. The van der Waals surface area contributed by atoms with Crippen molar-refractivity contribution < 1.29 is 9.53 Å². The summed E-state index contributed by atoms with van der Waals surface area (Å²) in [6.45, 7) is 11.9. The van der Waals surface area contributed by atoms with E-state index in [9.17, 15) is 4.79 Å². The first-order chi connectivity index (χ1) is 10.2. The molecule has 136 valence electrons. The Morgan fingerprint density at radius 2 is 2.00 bits per heavy atom. The number of carbonyl (C=O) groups is 1. The summed E-state index contributed by atoms with van der Waals surface area (Å²) in [6, 6.07) is 0.316. The monoisotopic (exact) mass is 440 g/mol. The molecular formula is C16H33IN4O2. The van der Waals surface area contributed by atoms with Gasteiger partial charge in [-0.25, -0.2) is 4.79 Å². The molecule has 23 heavy (non-hydrogen) atoms. The third-order valence-corrected chi connectivity index (χ3v) is 3.26. The Balaban J connectivity index is 0.00000484. The summed E-state index contributed by atoms with van der Waals surface area (Å²) in [7, 11) is 0. The van der Waals surface area contributed by atoms with Crippen molar-refractivity contribution in [1.82, 2.24) is 10.2 Å². The van der Waals surface area contributed by atoms with E-state index >= 15 is 0 Å². The van der Waals surface area contributed by atoms with Crippen molar-refractivity contribution >= 4 is 36.0 Å². The summed E-state index contributed by atoms with van der Waals surface area (Å²) in [5.74, 6) is 1.06. The van der Waals surface area contributed by atoms with Crippen LogP contribution in [0.5, 0.6) is 0 Å². The molecule has 7 heteroatoms. The van der Waals surface area contributed by atoms with Gasteiger partial charge >= 0.3 is 6.09 Å². The Kier molecular flexibility index (Phi) is 9.88. The number of nitrogens with zero attached hydrogens (tertiary/aromatic N) is 2. The minimum atomic E-state index is -0.463. The number of nitrogens with two attached hydrogens (primary N) is 1. The van der Waals surface area contributed by atoms with Crippen LogP contribution in [0.3, 0.4) is 0 Å². The van der Waals surface area contributed by atoms with Crippen LogP contribution in [-0.4, -0.2) is 48.2 Å². The molecule has 0 aliphatic heterocycles. The van der Waals surface area contributed by atoms with Crippen molar-refractivity contribution in [3.8, 4) is 0 Å². The lowest BCUT2D eigenvalue weighted by Gasteiger charge is -2.27. The van der Waals surface area contributed by atoms with Crippen LogP contribution in [0.15, 0.2) is 4.99 Å². The van der Waals surface area contributed by atoms with Crippen LogP contribution in [0.2, 0.25) is 0 Å². The minimum absolute atomic E-state index is 0. The minimum Gasteiger partial charge on any atom is -0.444 e. The Morgan fingerprint density at radius 3 is 2.48 bits per heavy atom. The predicted molar refractivity (Wildman–Crippen MR) is 105 cm³/mol. The quantitative estimate of drug-likeness (QED) is 0.363. The van der Waals surface area contributed by atoms with Crippen LogP contribution >= 0.6 is 24.0 Å². The van der Waals surface area contributed by atoms with E-state index in [1.807, 2.05) is 20.8 Å². The SMILES string of the molecule is CC(C)CCN=C(N)NCCN(C(=O)OC(C)(C)C)C1CC1.I. The fourth-order valence-corrected chi connectivity index (χ4v) is 1.93. The summed E-state index contributed by atoms with van der Waals surface area (Å²) in [5.41, 5.74) is 5.36. The molecule has 0 aromatic heterocycles. The zero-order valence-electron chi connectivity index (χ0n) is 15.1. The summed E-state index contributed by atoms with van der Waals surface area (Å²) >= 11 is 0. The van der Waals surface area contributed by atoms with E-state index < -0.39 is 5.60 Å². The standard InChI is InChI=1S/C16H32N4O2.HI/c1-12(2)8-9-18-14(17)19-10-11-20(13-6-7-13)15(21)22-16(3,4)5;/h12-13H,6-11H2,1-5H3,(H3,17,18,19);1H. The number of hydrogen-bond acceptors (Lipinski definition) is 3. The first-order valence-corrected chi connectivity index (χ1v) is 8.22. The van der Waals surface area contributed by atoms with E-state index in [1.54, 1.807) is 4.90 Å².